The highest BCUT2D eigenvalue weighted by Crippen LogP contribution is 2.18. The minimum atomic E-state index is -3.72. The molecule has 0 radical (unpaired) electrons. The van der Waals surface area contributed by atoms with Crippen LogP contribution in [-0.4, -0.2) is 67.8 Å². The molecule has 27 heavy (non-hydrogen) atoms. The van der Waals surface area contributed by atoms with Crippen molar-refractivity contribution in [3.63, 3.8) is 0 Å². The van der Waals surface area contributed by atoms with E-state index in [0.717, 1.165) is 4.90 Å². The fraction of sp³-hybridized carbons (Fsp3) is 0.471. The Morgan fingerprint density at radius 3 is 2.52 bits per heavy atom. The van der Waals surface area contributed by atoms with Crippen LogP contribution in [0.3, 0.4) is 0 Å². The van der Waals surface area contributed by atoms with Crippen LogP contribution in [0.5, 0.6) is 0 Å². The molecular weight excluding hydrogens is 374 g/mol. The molecule has 148 valence electrons. The van der Waals surface area contributed by atoms with Gasteiger partial charge in [0.05, 0.1) is 10.5 Å². The Labute approximate surface area is 158 Å². The van der Waals surface area contributed by atoms with Gasteiger partial charge in [-0.15, -0.1) is 0 Å². The van der Waals surface area contributed by atoms with Gasteiger partial charge in [0.15, 0.2) is 6.10 Å². The van der Waals surface area contributed by atoms with Gasteiger partial charge in [0.1, 0.15) is 0 Å². The minimum Gasteiger partial charge on any atom is -0.449 e. The lowest BCUT2D eigenvalue weighted by Gasteiger charge is -2.19. The number of carbonyl (C=O) groups is 3. The van der Waals surface area contributed by atoms with Crippen molar-refractivity contribution in [1.29, 1.82) is 0 Å². The molecule has 1 fully saturated rings. The van der Waals surface area contributed by atoms with Crippen LogP contribution in [0.1, 0.15) is 31.1 Å². The van der Waals surface area contributed by atoms with Crippen LogP contribution in [0.2, 0.25) is 0 Å². The van der Waals surface area contributed by atoms with Gasteiger partial charge in [0.2, 0.25) is 10.0 Å². The number of hydrogen-bond donors (Lipinski definition) is 1. The molecule has 10 heteroatoms. The first-order chi connectivity index (χ1) is 12.7. The third kappa shape index (κ3) is 4.45. The number of nitrogens with one attached hydrogen (secondary N) is 1. The summed E-state index contributed by atoms with van der Waals surface area (Å²) >= 11 is 0. The van der Waals surface area contributed by atoms with E-state index in [-0.39, 0.29) is 17.0 Å². The summed E-state index contributed by atoms with van der Waals surface area (Å²) in [5, 5.41) is 2.49. The number of imide groups is 1. The largest absolute Gasteiger partial charge is 0.449 e. The van der Waals surface area contributed by atoms with E-state index in [1.54, 1.807) is 13.8 Å². The Morgan fingerprint density at radius 2 is 1.96 bits per heavy atom. The van der Waals surface area contributed by atoms with E-state index >= 15 is 0 Å². The highest BCUT2D eigenvalue weighted by atomic mass is 32.2. The highest BCUT2D eigenvalue weighted by molar-refractivity contribution is 7.89. The monoisotopic (exact) mass is 397 g/mol. The first kappa shape index (κ1) is 20.8. The van der Waals surface area contributed by atoms with Crippen molar-refractivity contribution in [2.24, 2.45) is 0 Å². The summed E-state index contributed by atoms with van der Waals surface area (Å²) in [4.78, 5) is 37.0. The van der Waals surface area contributed by atoms with Gasteiger partial charge in [-0.05, 0) is 25.1 Å². The van der Waals surface area contributed by atoms with Crippen LogP contribution in [0.15, 0.2) is 29.2 Å². The second-order valence-corrected chi connectivity index (χ2v) is 7.82. The standard InChI is InChI=1S/C17H23N3O6S/c1-4-19(5-2)27(24,25)14-8-6-7-13(11-14)16(22)26-12(3)15(21)20-10-9-18-17(20)23/h6-8,11-12H,4-5,9-10H2,1-3H3,(H,18,23). The lowest BCUT2D eigenvalue weighted by atomic mass is 10.2. The molecular formula is C17H23N3O6S. The van der Waals surface area contributed by atoms with Crippen molar-refractivity contribution in [2.75, 3.05) is 26.2 Å². The number of rotatable bonds is 7. The number of urea groups is 1. The number of esters is 1. The number of carbonyl (C=O) groups excluding carboxylic acids is 3. The van der Waals surface area contributed by atoms with Crippen molar-refractivity contribution >= 4 is 27.9 Å². The average Bonchev–Trinajstić information content (AvgIpc) is 3.07. The van der Waals surface area contributed by atoms with Crippen LogP contribution in [0.4, 0.5) is 4.79 Å². The van der Waals surface area contributed by atoms with Gasteiger partial charge in [-0.1, -0.05) is 19.9 Å². The number of sulfonamides is 1. The van der Waals surface area contributed by atoms with Crippen LogP contribution < -0.4 is 5.32 Å². The van der Waals surface area contributed by atoms with Gasteiger partial charge in [-0.25, -0.2) is 18.0 Å². The van der Waals surface area contributed by atoms with E-state index in [1.807, 2.05) is 0 Å². The first-order valence-electron chi connectivity index (χ1n) is 8.62. The third-order valence-corrected chi connectivity index (χ3v) is 6.21. The molecule has 0 aromatic heterocycles. The van der Waals surface area contributed by atoms with Crippen LogP contribution in [-0.2, 0) is 19.6 Å². The van der Waals surface area contributed by atoms with Gasteiger partial charge in [0.25, 0.3) is 5.91 Å². The molecule has 1 aromatic carbocycles. The fourth-order valence-corrected chi connectivity index (χ4v) is 4.18. The predicted molar refractivity (Wildman–Crippen MR) is 96.5 cm³/mol. The van der Waals surface area contributed by atoms with E-state index in [4.69, 9.17) is 4.74 Å². The molecule has 0 aliphatic carbocycles. The minimum absolute atomic E-state index is 0.00811. The molecule has 2 rings (SSSR count). The van der Waals surface area contributed by atoms with Crippen molar-refractivity contribution < 1.29 is 27.5 Å². The van der Waals surface area contributed by atoms with Crippen molar-refractivity contribution in [2.45, 2.75) is 31.8 Å². The van der Waals surface area contributed by atoms with Gasteiger partial charge in [0, 0.05) is 26.2 Å². The zero-order valence-electron chi connectivity index (χ0n) is 15.5. The molecule has 3 amide bonds. The molecule has 1 N–H and O–H groups in total. The van der Waals surface area contributed by atoms with E-state index in [1.165, 1.54) is 35.5 Å². The Hall–Kier alpha value is -2.46. The van der Waals surface area contributed by atoms with Gasteiger partial charge < -0.3 is 10.1 Å². The van der Waals surface area contributed by atoms with Crippen LogP contribution in [0, 0.1) is 0 Å². The summed E-state index contributed by atoms with van der Waals surface area (Å²) in [6, 6.07) is 4.93. The quantitative estimate of drug-likeness (QED) is 0.682. The molecule has 1 aromatic rings. The second kappa shape index (κ2) is 8.49. The van der Waals surface area contributed by atoms with Crippen molar-refractivity contribution in [3.05, 3.63) is 29.8 Å². The Balaban J connectivity index is 2.15. The lowest BCUT2D eigenvalue weighted by Crippen LogP contribution is -2.41. The number of benzene rings is 1. The Morgan fingerprint density at radius 1 is 1.30 bits per heavy atom. The second-order valence-electron chi connectivity index (χ2n) is 5.89. The molecule has 1 saturated heterocycles. The summed E-state index contributed by atoms with van der Waals surface area (Å²) in [6.45, 7) is 5.96. The summed E-state index contributed by atoms with van der Waals surface area (Å²) in [7, 11) is -3.72. The van der Waals surface area contributed by atoms with Crippen LogP contribution >= 0.6 is 0 Å². The SMILES string of the molecule is CCN(CC)S(=O)(=O)c1cccc(C(=O)OC(C)C(=O)N2CCNC2=O)c1. The third-order valence-electron chi connectivity index (χ3n) is 4.17. The first-order valence-corrected chi connectivity index (χ1v) is 10.1. The molecule has 1 aliphatic rings. The Bertz CT molecular complexity index is 835. The highest BCUT2D eigenvalue weighted by Gasteiger charge is 2.32. The molecule has 1 aliphatic heterocycles. The predicted octanol–water partition coefficient (Wildman–Crippen LogP) is 0.814. The summed E-state index contributed by atoms with van der Waals surface area (Å²) in [5.74, 6) is -1.47. The normalized spacial score (nSPS) is 15.6. The lowest BCUT2D eigenvalue weighted by molar-refractivity contribution is -0.136. The number of ether oxygens (including phenoxy) is 1. The van der Waals surface area contributed by atoms with Crippen molar-refractivity contribution in [3.8, 4) is 0 Å². The smallest absolute Gasteiger partial charge is 0.338 e. The number of hydrogen-bond acceptors (Lipinski definition) is 6. The average molecular weight is 397 g/mol. The fourth-order valence-electron chi connectivity index (χ4n) is 2.68. The molecule has 1 unspecified atom stereocenters. The zero-order chi connectivity index (χ0) is 20.2. The number of amides is 3. The molecule has 0 bridgehead atoms. The summed E-state index contributed by atoms with van der Waals surface area (Å²) in [6.07, 6.45) is -1.18. The number of nitrogens with zero attached hydrogens (tertiary/aromatic N) is 2. The maximum Gasteiger partial charge on any atom is 0.338 e. The van der Waals surface area contributed by atoms with E-state index in [0.29, 0.717) is 19.6 Å². The summed E-state index contributed by atoms with van der Waals surface area (Å²) in [5.41, 5.74) is 0.00811. The van der Waals surface area contributed by atoms with Crippen LogP contribution in [0.25, 0.3) is 0 Å². The topological polar surface area (TPSA) is 113 Å². The maximum absolute atomic E-state index is 12.6. The van der Waals surface area contributed by atoms with E-state index in [2.05, 4.69) is 5.32 Å². The van der Waals surface area contributed by atoms with E-state index < -0.39 is 34.0 Å². The summed E-state index contributed by atoms with van der Waals surface area (Å²) < 4.78 is 31.6. The van der Waals surface area contributed by atoms with E-state index in [9.17, 15) is 22.8 Å². The van der Waals surface area contributed by atoms with Crippen molar-refractivity contribution in [1.82, 2.24) is 14.5 Å². The van der Waals surface area contributed by atoms with Gasteiger partial charge in [-0.3, -0.25) is 9.69 Å². The van der Waals surface area contributed by atoms with Gasteiger partial charge >= 0.3 is 12.0 Å². The molecule has 1 heterocycles. The Kier molecular flexibility index (Phi) is 6.55. The molecule has 9 nitrogen and oxygen atoms in total. The van der Waals surface area contributed by atoms with Gasteiger partial charge in [-0.2, -0.15) is 4.31 Å². The zero-order valence-corrected chi connectivity index (χ0v) is 16.3. The maximum atomic E-state index is 12.6. The molecule has 1 atom stereocenters. The molecule has 0 saturated carbocycles. The molecule has 0 spiro atoms.